The Balaban J connectivity index is 1.33. The summed E-state index contributed by atoms with van der Waals surface area (Å²) >= 11 is 0. The van der Waals surface area contributed by atoms with Gasteiger partial charge in [-0.15, -0.1) is 0 Å². The van der Waals surface area contributed by atoms with Gasteiger partial charge in [0.25, 0.3) is 15.9 Å². The molecule has 0 saturated carbocycles. The number of nitriles is 1. The lowest BCUT2D eigenvalue weighted by molar-refractivity contribution is -0.132. The molecule has 2 fully saturated rings. The van der Waals surface area contributed by atoms with Crippen molar-refractivity contribution < 1.29 is 13.2 Å². The number of carbonyl (C=O) groups is 1. The lowest BCUT2D eigenvalue weighted by atomic mass is 10.0. The van der Waals surface area contributed by atoms with Crippen LogP contribution in [0.2, 0.25) is 0 Å². The van der Waals surface area contributed by atoms with E-state index in [1.54, 1.807) is 53.4 Å². The first-order valence-corrected chi connectivity index (χ1v) is 17.8. The van der Waals surface area contributed by atoms with E-state index < -0.39 is 21.8 Å². The highest BCUT2D eigenvalue weighted by atomic mass is 32.2. The number of nitrogens with zero attached hydrogens (tertiary/aromatic N) is 7. The quantitative estimate of drug-likeness (QED) is 0.246. The molecule has 0 radical (unpaired) electrons. The lowest BCUT2D eigenvalue weighted by Gasteiger charge is -2.38. The van der Waals surface area contributed by atoms with Gasteiger partial charge in [0, 0.05) is 56.9 Å². The van der Waals surface area contributed by atoms with Crippen molar-refractivity contribution in [1.29, 1.82) is 5.26 Å². The summed E-state index contributed by atoms with van der Waals surface area (Å²) in [5.41, 5.74) is 0.381. The number of fused-ring (bicyclic) bond motifs is 2. The first-order valence-electron chi connectivity index (χ1n) is 16.4. The molecule has 11 nitrogen and oxygen atoms in total. The molecule has 2 saturated heterocycles. The minimum Gasteiger partial charge on any atom is -0.339 e. The Morgan fingerprint density at radius 3 is 2.48 bits per heavy atom. The monoisotopic (exact) mass is 663 g/mol. The largest absolute Gasteiger partial charge is 0.344 e. The Hall–Kier alpha value is -4.83. The van der Waals surface area contributed by atoms with Gasteiger partial charge in [-0.3, -0.25) is 19.2 Å². The van der Waals surface area contributed by atoms with Gasteiger partial charge in [-0.05, 0) is 55.3 Å². The van der Waals surface area contributed by atoms with Crippen LogP contribution in [0, 0.1) is 11.3 Å². The van der Waals surface area contributed by atoms with E-state index in [1.807, 2.05) is 6.07 Å². The highest BCUT2D eigenvalue weighted by molar-refractivity contribution is 7.90. The molecule has 48 heavy (non-hydrogen) atoms. The van der Waals surface area contributed by atoms with Gasteiger partial charge < -0.3 is 9.80 Å². The van der Waals surface area contributed by atoms with E-state index in [9.17, 15) is 23.3 Å². The third-order valence-electron chi connectivity index (χ3n) is 9.62. The molecule has 246 valence electrons. The highest BCUT2D eigenvalue weighted by Crippen LogP contribution is 2.31. The third kappa shape index (κ3) is 5.57. The number of amides is 1. The predicted octanol–water partition coefficient (Wildman–Crippen LogP) is 3.68. The van der Waals surface area contributed by atoms with E-state index >= 15 is 0 Å². The van der Waals surface area contributed by atoms with Gasteiger partial charge in [-0.1, -0.05) is 55.5 Å². The van der Waals surface area contributed by atoms with Crippen LogP contribution in [-0.2, 0) is 14.8 Å². The standard InChI is InChI=1S/C36H37N7O4S/c1-2-17-39-19-21-40(22-20-39)29-15-18-41(25-29)35(44)34(28-8-4-3-5-9-28)42-31-23-26(24-37)13-14-30(31)43(36(42)45)48(46,47)32-12-6-10-27-11-7-16-38-33(27)32/h3-14,16,23,29,34H,2,15,17-22,25H2,1H3. The molecule has 0 spiro atoms. The zero-order valence-corrected chi connectivity index (χ0v) is 27.6. The maximum atomic E-state index is 14.7. The number of para-hydroxylation sites is 1. The molecule has 5 aromatic rings. The number of benzene rings is 3. The summed E-state index contributed by atoms with van der Waals surface area (Å²) in [5, 5.41) is 10.4. The van der Waals surface area contributed by atoms with Crippen LogP contribution >= 0.6 is 0 Å². The smallest absolute Gasteiger partial charge is 0.339 e. The molecular formula is C36H37N7O4S. The number of hydrogen-bond acceptors (Lipinski definition) is 8. The Morgan fingerprint density at radius 2 is 1.73 bits per heavy atom. The van der Waals surface area contributed by atoms with Gasteiger partial charge in [-0.25, -0.2) is 13.2 Å². The molecule has 2 aliphatic rings. The van der Waals surface area contributed by atoms with Crippen molar-refractivity contribution in [1.82, 2.24) is 28.2 Å². The van der Waals surface area contributed by atoms with Crippen molar-refractivity contribution in [3.8, 4) is 6.07 Å². The van der Waals surface area contributed by atoms with Crippen LogP contribution in [0.4, 0.5) is 0 Å². The first-order chi connectivity index (χ1) is 23.3. The summed E-state index contributed by atoms with van der Waals surface area (Å²) in [6, 6.07) is 22.8. The molecule has 2 aliphatic heterocycles. The average molecular weight is 664 g/mol. The predicted molar refractivity (Wildman–Crippen MR) is 183 cm³/mol. The van der Waals surface area contributed by atoms with Crippen molar-refractivity contribution >= 4 is 37.9 Å². The van der Waals surface area contributed by atoms with E-state index in [1.165, 1.54) is 35.0 Å². The van der Waals surface area contributed by atoms with Crippen molar-refractivity contribution in [3.05, 3.63) is 107 Å². The zero-order chi connectivity index (χ0) is 33.4. The molecule has 0 N–H and O–H groups in total. The van der Waals surface area contributed by atoms with Crippen molar-refractivity contribution in [2.75, 3.05) is 45.8 Å². The minimum atomic E-state index is -4.51. The van der Waals surface area contributed by atoms with E-state index in [0.29, 0.717) is 24.0 Å². The van der Waals surface area contributed by atoms with Crippen molar-refractivity contribution in [2.45, 2.75) is 36.7 Å². The van der Waals surface area contributed by atoms with Gasteiger partial charge in [-0.2, -0.15) is 9.23 Å². The number of rotatable bonds is 8. The van der Waals surface area contributed by atoms with Crippen LogP contribution in [0.15, 0.2) is 94.7 Å². The van der Waals surface area contributed by atoms with Gasteiger partial charge in [0.05, 0.1) is 28.2 Å². The molecular weight excluding hydrogens is 627 g/mol. The summed E-state index contributed by atoms with van der Waals surface area (Å²) in [4.78, 5) is 40.2. The number of likely N-dealkylation sites (tertiary alicyclic amines) is 1. The van der Waals surface area contributed by atoms with E-state index in [-0.39, 0.29) is 39.0 Å². The zero-order valence-electron chi connectivity index (χ0n) is 26.8. The van der Waals surface area contributed by atoms with Crippen LogP contribution in [0.25, 0.3) is 21.9 Å². The summed E-state index contributed by atoms with van der Waals surface area (Å²) in [6.45, 7) is 8.22. The number of piperazine rings is 1. The molecule has 12 heteroatoms. The molecule has 7 rings (SSSR count). The Kier molecular flexibility index (Phi) is 8.60. The molecule has 4 heterocycles. The van der Waals surface area contributed by atoms with Gasteiger partial charge in [0.1, 0.15) is 10.9 Å². The summed E-state index contributed by atoms with van der Waals surface area (Å²) in [6.07, 6.45) is 3.45. The Labute approximate surface area is 279 Å². The second-order valence-corrected chi connectivity index (χ2v) is 14.2. The molecule has 2 unspecified atom stereocenters. The number of pyridine rings is 1. The summed E-state index contributed by atoms with van der Waals surface area (Å²) in [7, 11) is -4.51. The molecule has 1 amide bonds. The second kappa shape index (κ2) is 13.0. The Morgan fingerprint density at radius 1 is 0.958 bits per heavy atom. The molecule has 0 aliphatic carbocycles. The fourth-order valence-electron chi connectivity index (χ4n) is 7.24. The van der Waals surface area contributed by atoms with E-state index in [4.69, 9.17) is 0 Å². The second-order valence-electron chi connectivity index (χ2n) is 12.5. The topological polar surface area (TPSA) is 125 Å². The van der Waals surface area contributed by atoms with Crippen molar-refractivity contribution in [3.63, 3.8) is 0 Å². The molecule has 2 aromatic heterocycles. The maximum absolute atomic E-state index is 14.7. The lowest BCUT2D eigenvalue weighted by Crippen LogP contribution is -2.51. The number of aromatic nitrogens is 3. The first kappa shape index (κ1) is 31.8. The SMILES string of the molecule is CCCN1CCN(C2CCN(C(=O)C(c3ccccc3)n3c(=O)n(S(=O)(=O)c4cccc5cccnc45)c4ccc(C#N)cc43)C2)CC1. The summed E-state index contributed by atoms with van der Waals surface area (Å²) < 4.78 is 30.9. The third-order valence-corrected chi connectivity index (χ3v) is 11.3. The van der Waals surface area contributed by atoms with E-state index in [0.717, 1.165) is 49.5 Å². The molecule has 0 bridgehead atoms. The number of carbonyl (C=O) groups excluding carboxylic acids is 1. The molecule has 2 atom stereocenters. The number of hydrogen-bond donors (Lipinski definition) is 0. The Bertz CT molecular complexity index is 2190. The number of imidazole rings is 1. The van der Waals surface area contributed by atoms with E-state index in [2.05, 4.69) is 27.8 Å². The molecule has 3 aromatic carbocycles. The van der Waals surface area contributed by atoms with Crippen LogP contribution in [0.3, 0.4) is 0 Å². The van der Waals surface area contributed by atoms with Crippen LogP contribution < -0.4 is 5.69 Å². The average Bonchev–Trinajstić information content (AvgIpc) is 3.72. The highest BCUT2D eigenvalue weighted by Gasteiger charge is 2.39. The fraction of sp³-hybridized carbons (Fsp3) is 0.333. The summed E-state index contributed by atoms with van der Waals surface area (Å²) in [5.74, 6) is -0.291. The normalized spacial score (nSPS) is 18.3. The van der Waals surface area contributed by atoms with Crippen LogP contribution in [0.1, 0.15) is 36.9 Å². The fourth-order valence-corrected chi connectivity index (χ4v) is 8.81. The van der Waals surface area contributed by atoms with Crippen LogP contribution in [0.5, 0.6) is 0 Å². The van der Waals surface area contributed by atoms with Gasteiger partial charge >= 0.3 is 5.69 Å². The van der Waals surface area contributed by atoms with Crippen molar-refractivity contribution in [2.24, 2.45) is 0 Å². The maximum Gasteiger partial charge on any atom is 0.344 e. The van der Waals surface area contributed by atoms with Gasteiger partial charge in [0.15, 0.2) is 0 Å². The minimum absolute atomic E-state index is 0.0740. The van der Waals surface area contributed by atoms with Gasteiger partial charge in [0.2, 0.25) is 0 Å². The van der Waals surface area contributed by atoms with Crippen LogP contribution in [-0.4, -0.2) is 94.4 Å².